The minimum absolute atomic E-state index is 0.0328. The monoisotopic (exact) mass is 431 g/mol. The summed E-state index contributed by atoms with van der Waals surface area (Å²) in [5, 5.41) is 14.3. The van der Waals surface area contributed by atoms with E-state index in [-0.39, 0.29) is 28.5 Å². The molecule has 3 aromatic rings. The lowest BCUT2D eigenvalue weighted by atomic mass is 9.96. The van der Waals surface area contributed by atoms with Crippen molar-refractivity contribution in [2.75, 3.05) is 5.32 Å². The van der Waals surface area contributed by atoms with Crippen LogP contribution in [0.5, 0.6) is 0 Å². The second-order valence-corrected chi connectivity index (χ2v) is 7.97. The van der Waals surface area contributed by atoms with E-state index < -0.39 is 23.6 Å². The predicted molar refractivity (Wildman–Crippen MR) is 108 cm³/mol. The molecule has 2 aromatic heterocycles. The molecule has 3 heterocycles. The fourth-order valence-corrected chi connectivity index (χ4v) is 4.34. The number of aliphatic hydroxyl groups is 1. The van der Waals surface area contributed by atoms with E-state index in [1.165, 1.54) is 17.6 Å². The number of thiazole rings is 1. The normalized spacial score (nSPS) is 21.4. The van der Waals surface area contributed by atoms with Crippen LogP contribution in [0.1, 0.15) is 41.9 Å². The van der Waals surface area contributed by atoms with Crippen molar-refractivity contribution in [3.63, 3.8) is 0 Å². The average molecular weight is 431 g/mol. The minimum Gasteiger partial charge on any atom is -0.393 e. The number of hydrogen-bond acceptors (Lipinski definition) is 6. The molecule has 1 saturated heterocycles. The first-order valence-corrected chi connectivity index (χ1v) is 10.3. The third-order valence-electron chi connectivity index (χ3n) is 4.85. The Hall–Kier alpha value is -2.75. The van der Waals surface area contributed by atoms with Gasteiger partial charge in [0.1, 0.15) is 22.3 Å². The number of amides is 1. The van der Waals surface area contributed by atoms with Crippen LogP contribution in [-0.2, 0) is 4.74 Å². The molecule has 1 aromatic carbocycles. The maximum Gasteiger partial charge on any atom is 0.275 e. The topological polar surface area (TPSA) is 84.3 Å². The Morgan fingerprint density at radius 1 is 1.27 bits per heavy atom. The van der Waals surface area contributed by atoms with Crippen LogP contribution in [-0.4, -0.2) is 33.2 Å². The van der Waals surface area contributed by atoms with E-state index in [0.29, 0.717) is 24.1 Å². The highest BCUT2D eigenvalue weighted by molar-refractivity contribution is 7.13. The van der Waals surface area contributed by atoms with Gasteiger partial charge < -0.3 is 15.2 Å². The molecule has 4 rings (SSSR count). The van der Waals surface area contributed by atoms with Crippen LogP contribution in [0.15, 0.2) is 42.0 Å². The molecule has 3 atom stereocenters. The standard InChI is InChI=1S/C21H19F2N3O3S/c1-11-7-12(27)8-18(29-11)13-5-6-24-9-16(13)25-20(28)17-10-30-21(26-17)19-14(22)3-2-4-15(19)23/h2-6,9-12,18,27H,7-8H2,1H3,(H,25,28). The molecule has 1 aliphatic rings. The van der Waals surface area contributed by atoms with Crippen LogP contribution >= 0.6 is 11.3 Å². The van der Waals surface area contributed by atoms with Crippen molar-refractivity contribution < 1.29 is 23.4 Å². The zero-order valence-electron chi connectivity index (χ0n) is 16.0. The van der Waals surface area contributed by atoms with Crippen molar-refractivity contribution in [2.45, 2.75) is 38.1 Å². The number of benzene rings is 1. The molecule has 2 N–H and O–H groups in total. The molecule has 3 unspecified atom stereocenters. The van der Waals surface area contributed by atoms with Gasteiger partial charge in [-0.05, 0) is 31.5 Å². The van der Waals surface area contributed by atoms with Gasteiger partial charge in [0, 0.05) is 23.6 Å². The number of pyridine rings is 1. The van der Waals surface area contributed by atoms with Gasteiger partial charge in [0.15, 0.2) is 0 Å². The SMILES string of the molecule is CC1CC(O)CC(c2ccncc2NC(=O)c2csc(-c3c(F)cccc3F)n2)O1. The summed E-state index contributed by atoms with van der Waals surface area (Å²) in [7, 11) is 0. The molecule has 6 nitrogen and oxygen atoms in total. The Kier molecular flexibility index (Phi) is 5.85. The number of aliphatic hydroxyl groups excluding tert-OH is 1. The summed E-state index contributed by atoms with van der Waals surface area (Å²) in [5.41, 5.74) is 0.896. The molecular weight excluding hydrogens is 412 g/mol. The lowest BCUT2D eigenvalue weighted by Gasteiger charge is -2.32. The van der Waals surface area contributed by atoms with Gasteiger partial charge in [-0.2, -0.15) is 0 Å². The number of nitrogens with zero attached hydrogens (tertiary/aromatic N) is 2. The fourth-order valence-electron chi connectivity index (χ4n) is 3.49. The minimum atomic E-state index is -0.743. The molecular formula is C21H19F2N3O3S. The molecule has 0 aliphatic carbocycles. The van der Waals surface area contributed by atoms with Gasteiger partial charge in [-0.25, -0.2) is 13.8 Å². The summed E-state index contributed by atoms with van der Waals surface area (Å²) in [6.45, 7) is 1.88. The van der Waals surface area contributed by atoms with E-state index in [1.54, 1.807) is 12.3 Å². The van der Waals surface area contributed by atoms with Crippen LogP contribution < -0.4 is 5.32 Å². The number of carbonyl (C=O) groups excluding carboxylic acids is 1. The van der Waals surface area contributed by atoms with E-state index in [9.17, 15) is 18.7 Å². The van der Waals surface area contributed by atoms with Crippen molar-refractivity contribution in [3.05, 3.63) is 64.9 Å². The zero-order chi connectivity index (χ0) is 21.3. The van der Waals surface area contributed by atoms with Crippen molar-refractivity contribution in [1.29, 1.82) is 0 Å². The zero-order valence-corrected chi connectivity index (χ0v) is 16.8. The van der Waals surface area contributed by atoms with Crippen molar-refractivity contribution in [2.24, 2.45) is 0 Å². The highest BCUT2D eigenvalue weighted by atomic mass is 32.1. The molecule has 0 spiro atoms. The van der Waals surface area contributed by atoms with Crippen LogP contribution in [0.25, 0.3) is 10.6 Å². The van der Waals surface area contributed by atoms with Crippen LogP contribution in [0.4, 0.5) is 14.5 Å². The number of halogens is 2. The van der Waals surface area contributed by atoms with Gasteiger partial charge in [0.25, 0.3) is 5.91 Å². The maximum atomic E-state index is 14.0. The summed E-state index contributed by atoms with van der Waals surface area (Å²) >= 11 is 0.977. The Labute approximate surface area is 175 Å². The highest BCUT2D eigenvalue weighted by Gasteiger charge is 2.29. The van der Waals surface area contributed by atoms with Crippen molar-refractivity contribution >= 4 is 22.9 Å². The first-order valence-electron chi connectivity index (χ1n) is 9.41. The second kappa shape index (κ2) is 8.55. The maximum absolute atomic E-state index is 14.0. The summed E-state index contributed by atoms with van der Waals surface area (Å²) < 4.78 is 33.9. The summed E-state index contributed by atoms with van der Waals surface area (Å²) in [5.74, 6) is -2.02. The Bertz CT molecular complexity index is 1040. The van der Waals surface area contributed by atoms with Crippen molar-refractivity contribution in [1.82, 2.24) is 9.97 Å². The lowest BCUT2D eigenvalue weighted by molar-refractivity contribution is -0.0892. The van der Waals surface area contributed by atoms with Gasteiger partial charge in [0.2, 0.25) is 0 Å². The van der Waals surface area contributed by atoms with Crippen LogP contribution in [0, 0.1) is 11.6 Å². The Morgan fingerprint density at radius 2 is 2.03 bits per heavy atom. The van der Waals surface area contributed by atoms with E-state index in [4.69, 9.17) is 4.74 Å². The Balaban J connectivity index is 1.57. The number of rotatable bonds is 4. The van der Waals surface area contributed by atoms with E-state index in [2.05, 4.69) is 15.3 Å². The molecule has 9 heteroatoms. The molecule has 30 heavy (non-hydrogen) atoms. The molecule has 0 radical (unpaired) electrons. The molecule has 156 valence electrons. The smallest absolute Gasteiger partial charge is 0.275 e. The first-order chi connectivity index (χ1) is 14.4. The summed E-state index contributed by atoms with van der Waals surface area (Å²) in [6.07, 6.45) is 3.04. The second-order valence-electron chi connectivity index (χ2n) is 7.11. The number of hydrogen-bond donors (Lipinski definition) is 2. The number of anilines is 1. The third kappa shape index (κ3) is 4.23. The molecule has 0 saturated carbocycles. The van der Waals surface area contributed by atoms with Gasteiger partial charge in [-0.15, -0.1) is 11.3 Å². The average Bonchev–Trinajstić information content (AvgIpc) is 3.17. The predicted octanol–water partition coefficient (Wildman–Crippen LogP) is 4.34. The van der Waals surface area contributed by atoms with E-state index >= 15 is 0 Å². The first kappa shape index (κ1) is 20.5. The van der Waals surface area contributed by atoms with Crippen molar-refractivity contribution in [3.8, 4) is 10.6 Å². The number of aromatic nitrogens is 2. The van der Waals surface area contributed by atoms with Gasteiger partial charge in [0.05, 0.1) is 35.8 Å². The fraction of sp³-hybridized carbons (Fsp3) is 0.286. The van der Waals surface area contributed by atoms with E-state index in [0.717, 1.165) is 23.5 Å². The molecule has 1 fully saturated rings. The summed E-state index contributed by atoms with van der Waals surface area (Å²) in [4.78, 5) is 20.9. The molecule has 1 amide bonds. The largest absolute Gasteiger partial charge is 0.393 e. The number of carbonyl (C=O) groups is 1. The summed E-state index contributed by atoms with van der Waals surface area (Å²) in [6, 6.07) is 5.28. The lowest BCUT2D eigenvalue weighted by Crippen LogP contribution is -2.30. The number of nitrogens with one attached hydrogen (secondary N) is 1. The van der Waals surface area contributed by atoms with Crippen LogP contribution in [0.3, 0.4) is 0 Å². The molecule has 1 aliphatic heterocycles. The van der Waals surface area contributed by atoms with Gasteiger partial charge >= 0.3 is 0 Å². The number of ether oxygens (including phenoxy) is 1. The van der Waals surface area contributed by atoms with Gasteiger partial charge in [-0.3, -0.25) is 9.78 Å². The van der Waals surface area contributed by atoms with E-state index in [1.807, 2.05) is 6.92 Å². The molecule has 0 bridgehead atoms. The highest BCUT2D eigenvalue weighted by Crippen LogP contribution is 2.35. The van der Waals surface area contributed by atoms with Gasteiger partial charge in [-0.1, -0.05) is 6.07 Å². The third-order valence-corrected chi connectivity index (χ3v) is 5.71. The van der Waals surface area contributed by atoms with Crippen LogP contribution in [0.2, 0.25) is 0 Å². The quantitative estimate of drug-likeness (QED) is 0.642. The Morgan fingerprint density at radius 3 is 2.77 bits per heavy atom.